The number of nitrogens with zero attached hydrogens (tertiary/aromatic N) is 1. The third-order valence-electron chi connectivity index (χ3n) is 1.74. The smallest absolute Gasteiger partial charge is 0.133 e. The first kappa shape index (κ1) is 8.26. The van der Waals surface area contributed by atoms with E-state index in [0.717, 1.165) is 10.6 Å². The van der Waals surface area contributed by atoms with Crippen LogP contribution in [0.15, 0.2) is 30.5 Å². The van der Waals surface area contributed by atoms with Crippen LogP contribution in [0.3, 0.4) is 0 Å². The predicted molar refractivity (Wildman–Crippen MR) is 54.0 cm³/mol. The molecule has 0 fully saturated rings. The molecular formula is C10H9NOS. The van der Waals surface area contributed by atoms with E-state index in [1.807, 2.05) is 12.1 Å². The first-order chi connectivity index (χ1) is 6.25. The molecule has 0 bridgehead atoms. The van der Waals surface area contributed by atoms with Crippen molar-refractivity contribution in [2.75, 3.05) is 0 Å². The fourth-order valence-electron chi connectivity index (χ4n) is 1.10. The number of pyridine rings is 1. The molecule has 0 aromatic carbocycles. The zero-order valence-corrected chi connectivity index (χ0v) is 8.01. The largest absolute Gasteiger partial charge is 0.506 e. The Balaban J connectivity index is 2.41. The highest BCUT2D eigenvalue weighted by atomic mass is 32.1. The topological polar surface area (TPSA) is 33.1 Å². The molecule has 3 heteroatoms. The minimum Gasteiger partial charge on any atom is -0.506 e. The molecule has 66 valence electrons. The zero-order valence-electron chi connectivity index (χ0n) is 7.19. The van der Waals surface area contributed by atoms with Gasteiger partial charge >= 0.3 is 0 Å². The lowest BCUT2D eigenvalue weighted by atomic mass is 10.3. The Kier molecular flexibility index (Phi) is 2.02. The van der Waals surface area contributed by atoms with Crippen LogP contribution in [0.1, 0.15) is 4.88 Å². The van der Waals surface area contributed by atoms with Crippen LogP contribution in [-0.4, -0.2) is 10.1 Å². The molecule has 1 N–H and O–H groups in total. The van der Waals surface area contributed by atoms with Crippen molar-refractivity contribution in [3.05, 3.63) is 35.3 Å². The van der Waals surface area contributed by atoms with E-state index in [2.05, 4.69) is 18.0 Å². The minimum atomic E-state index is 0.206. The van der Waals surface area contributed by atoms with Gasteiger partial charge in [-0.2, -0.15) is 0 Å². The SMILES string of the molecule is Cc1ccc(-c2ccc(O)cn2)s1. The van der Waals surface area contributed by atoms with Crippen LogP contribution in [0.5, 0.6) is 5.75 Å². The number of thiophene rings is 1. The summed E-state index contributed by atoms with van der Waals surface area (Å²) in [5.74, 6) is 0.206. The van der Waals surface area contributed by atoms with Gasteiger partial charge in [-0.1, -0.05) is 0 Å². The molecule has 0 aliphatic heterocycles. The highest BCUT2D eigenvalue weighted by molar-refractivity contribution is 7.15. The van der Waals surface area contributed by atoms with Gasteiger partial charge in [-0.15, -0.1) is 11.3 Å². The van der Waals surface area contributed by atoms with Gasteiger partial charge in [0.2, 0.25) is 0 Å². The maximum atomic E-state index is 9.05. The summed E-state index contributed by atoms with van der Waals surface area (Å²) in [6.07, 6.45) is 1.46. The molecule has 0 aliphatic carbocycles. The van der Waals surface area contributed by atoms with E-state index in [0.29, 0.717) is 0 Å². The van der Waals surface area contributed by atoms with Crippen molar-refractivity contribution in [1.82, 2.24) is 4.98 Å². The average molecular weight is 191 g/mol. The van der Waals surface area contributed by atoms with Gasteiger partial charge in [-0.25, -0.2) is 0 Å². The molecule has 0 atom stereocenters. The fraction of sp³-hybridized carbons (Fsp3) is 0.100. The molecule has 2 heterocycles. The molecule has 2 rings (SSSR count). The van der Waals surface area contributed by atoms with Crippen LogP contribution in [0.2, 0.25) is 0 Å². The van der Waals surface area contributed by atoms with Gasteiger partial charge in [0.05, 0.1) is 16.8 Å². The van der Waals surface area contributed by atoms with Crippen LogP contribution in [0.4, 0.5) is 0 Å². The zero-order chi connectivity index (χ0) is 9.26. The van der Waals surface area contributed by atoms with E-state index in [1.54, 1.807) is 17.4 Å². The van der Waals surface area contributed by atoms with Crippen LogP contribution < -0.4 is 0 Å². The molecule has 2 aromatic heterocycles. The second-order valence-corrected chi connectivity index (χ2v) is 4.10. The summed E-state index contributed by atoms with van der Waals surface area (Å²) < 4.78 is 0. The summed E-state index contributed by atoms with van der Waals surface area (Å²) in [6, 6.07) is 7.58. The molecule has 2 aromatic rings. The maximum Gasteiger partial charge on any atom is 0.133 e. The van der Waals surface area contributed by atoms with E-state index in [1.165, 1.54) is 11.1 Å². The van der Waals surface area contributed by atoms with E-state index in [9.17, 15) is 0 Å². The Labute approximate surface area is 80.5 Å². The van der Waals surface area contributed by atoms with Gasteiger partial charge in [-0.3, -0.25) is 4.98 Å². The van der Waals surface area contributed by atoms with Crippen LogP contribution in [0, 0.1) is 6.92 Å². The van der Waals surface area contributed by atoms with E-state index in [4.69, 9.17) is 5.11 Å². The molecule has 13 heavy (non-hydrogen) atoms. The standard InChI is InChI=1S/C10H9NOS/c1-7-2-5-10(13-7)9-4-3-8(12)6-11-9/h2-6,12H,1H3. The summed E-state index contributed by atoms with van der Waals surface area (Å²) in [6.45, 7) is 2.06. The summed E-state index contributed by atoms with van der Waals surface area (Å²) in [4.78, 5) is 6.53. The molecule has 0 saturated heterocycles. The van der Waals surface area contributed by atoms with Crippen molar-refractivity contribution in [3.63, 3.8) is 0 Å². The number of aromatic hydroxyl groups is 1. The van der Waals surface area contributed by atoms with Crippen molar-refractivity contribution >= 4 is 11.3 Å². The molecular weight excluding hydrogens is 182 g/mol. The van der Waals surface area contributed by atoms with Crippen molar-refractivity contribution in [3.8, 4) is 16.3 Å². The van der Waals surface area contributed by atoms with Gasteiger partial charge in [0.15, 0.2) is 0 Å². The predicted octanol–water partition coefficient (Wildman–Crippen LogP) is 2.82. The van der Waals surface area contributed by atoms with Gasteiger partial charge in [0.1, 0.15) is 5.75 Å². The molecule has 0 amide bonds. The summed E-state index contributed by atoms with van der Waals surface area (Å²) in [7, 11) is 0. The third kappa shape index (κ3) is 1.70. The van der Waals surface area contributed by atoms with Crippen molar-refractivity contribution in [1.29, 1.82) is 0 Å². The molecule has 0 aliphatic rings. The van der Waals surface area contributed by atoms with Gasteiger partial charge in [-0.05, 0) is 31.2 Å². The van der Waals surface area contributed by atoms with Crippen LogP contribution in [0.25, 0.3) is 10.6 Å². The molecule has 2 nitrogen and oxygen atoms in total. The first-order valence-electron chi connectivity index (χ1n) is 3.97. The second kappa shape index (κ2) is 3.18. The van der Waals surface area contributed by atoms with Gasteiger partial charge < -0.3 is 5.11 Å². The number of hydrogen-bond acceptors (Lipinski definition) is 3. The molecule has 0 saturated carbocycles. The number of aromatic nitrogens is 1. The second-order valence-electron chi connectivity index (χ2n) is 2.81. The van der Waals surface area contributed by atoms with Crippen LogP contribution in [-0.2, 0) is 0 Å². The molecule has 0 unspecified atom stereocenters. The Hall–Kier alpha value is -1.35. The molecule has 0 spiro atoms. The Morgan fingerprint density at radius 3 is 2.62 bits per heavy atom. The fourth-order valence-corrected chi connectivity index (χ4v) is 1.95. The highest BCUT2D eigenvalue weighted by Gasteiger charge is 2.01. The Bertz CT molecular complexity index is 405. The third-order valence-corrected chi connectivity index (χ3v) is 2.76. The van der Waals surface area contributed by atoms with E-state index in [-0.39, 0.29) is 5.75 Å². The van der Waals surface area contributed by atoms with Crippen molar-refractivity contribution in [2.45, 2.75) is 6.92 Å². The highest BCUT2D eigenvalue weighted by Crippen LogP contribution is 2.26. The molecule has 0 radical (unpaired) electrons. The maximum absolute atomic E-state index is 9.05. The lowest BCUT2D eigenvalue weighted by Crippen LogP contribution is -1.77. The monoisotopic (exact) mass is 191 g/mol. The first-order valence-corrected chi connectivity index (χ1v) is 4.79. The van der Waals surface area contributed by atoms with Gasteiger partial charge in [0.25, 0.3) is 0 Å². The lowest BCUT2D eigenvalue weighted by molar-refractivity contribution is 0.473. The summed E-state index contributed by atoms with van der Waals surface area (Å²) in [5, 5.41) is 9.05. The summed E-state index contributed by atoms with van der Waals surface area (Å²) >= 11 is 1.70. The van der Waals surface area contributed by atoms with Crippen LogP contribution >= 0.6 is 11.3 Å². The summed E-state index contributed by atoms with van der Waals surface area (Å²) in [5.41, 5.74) is 0.913. The van der Waals surface area contributed by atoms with Crippen molar-refractivity contribution in [2.24, 2.45) is 0 Å². The normalized spacial score (nSPS) is 10.2. The number of aryl methyl sites for hydroxylation is 1. The number of hydrogen-bond donors (Lipinski definition) is 1. The Morgan fingerprint density at radius 2 is 2.08 bits per heavy atom. The van der Waals surface area contributed by atoms with Crippen molar-refractivity contribution < 1.29 is 5.11 Å². The van der Waals surface area contributed by atoms with E-state index >= 15 is 0 Å². The Morgan fingerprint density at radius 1 is 1.23 bits per heavy atom. The number of rotatable bonds is 1. The average Bonchev–Trinajstić information content (AvgIpc) is 2.53. The quantitative estimate of drug-likeness (QED) is 0.751. The van der Waals surface area contributed by atoms with Gasteiger partial charge in [0, 0.05) is 4.88 Å². The lowest BCUT2D eigenvalue weighted by Gasteiger charge is -1.95. The minimum absolute atomic E-state index is 0.206. The van der Waals surface area contributed by atoms with E-state index < -0.39 is 0 Å².